The van der Waals surface area contributed by atoms with Crippen LogP contribution in [-0.4, -0.2) is 87.4 Å². The summed E-state index contributed by atoms with van der Waals surface area (Å²) in [5, 5.41) is 9.75. The second-order valence-electron chi connectivity index (χ2n) is 24.4. The first-order valence-electron chi connectivity index (χ1n) is 35.9. The third kappa shape index (κ3) is 71.7. The zero-order valence-electron chi connectivity index (χ0n) is 58.4. The van der Waals surface area contributed by atoms with E-state index in [2.05, 4.69) is 196 Å². The molecule has 0 heterocycles. The second kappa shape index (κ2) is 70.3. The molecule has 0 aromatic rings. The van der Waals surface area contributed by atoms with Crippen molar-refractivity contribution in [2.75, 3.05) is 47.5 Å². The minimum absolute atomic E-state index is 0.172. The Morgan fingerprint density at radius 2 is 0.593 bits per heavy atom. The zero-order valence-corrected chi connectivity index (χ0v) is 58.4. The van der Waals surface area contributed by atoms with Crippen LogP contribution in [0.25, 0.3) is 0 Å². The van der Waals surface area contributed by atoms with E-state index in [4.69, 9.17) is 18.9 Å². The molecule has 0 saturated heterocycles. The van der Waals surface area contributed by atoms with E-state index in [0.717, 1.165) is 135 Å². The molecule has 2 unspecified atom stereocenters. The Bertz CT molecular complexity index is 2150. The van der Waals surface area contributed by atoms with E-state index in [1.165, 1.54) is 89.9 Å². The topological polar surface area (TPSA) is 108 Å². The number of carboxylic acid groups (broad SMARTS) is 1. The maximum atomic E-state index is 12.9. The second-order valence-corrected chi connectivity index (χ2v) is 24.4. The predicted molar refractivity (Wildman–Crippen MR) is 391 cm³/mol. The van der Waals surface area contributed by atoms with Crippen LogP contribution >= 0.6 is 0 Å². The molecular formula is C82H132NO8+. The summed E-state index contributed by atoms with van der Waals surface area (Å²) in [6.45, 7) is 4.60. The van der Waals surface area contributed by atoms with Crippen molar-refractivity contribution in [3.8, 4) is 0 Å². The summed E-state index contributed by atoms with van der Waals surface area (Å²) in [5.41, 5.74) is 0. The van der Waals surface area contributed by atoms with Crippen molar-refractivity contribution in [1.29, 1.82) is 0 Å². The van der Waals surface area contributed by atoms with Crippen LogP contribution in [0.4, 0.5) is 0 Å². The molecule has 0 aromatic heterocycles. The number of hydrogen-bond acceptors (Lipinski definition) is 7. The number of allylic oxidation sites excluding steroid dienone is 30. The summed E-state index contributed by atoms with van der Waals surface area (Å²) in [6.07, 6.45) is 104. The summed E-state index contributed by atoms with van der Waals surface area (Å²) in [6, 6.07) is 0. The Kier molecular flexibility index (Phi) is 65.9. The smallest absolute Gasteiger partial charge is 0.361 e. The molecule has 0 aliphatic carbocycles. The predicted octanol–water partition coefficient (Wildman–Crippen LogP) is 22.8. The number of nitrogens with zero attached hydrogens (tertiary/aromatic N) is 1. The molecule has 0 rings (SSSR count). The maximum absolute atomic E-state index is 12.9. The van der Waals surface area contributed by atoms with Crippen molar-refractivity contribution < 1.29 is 42.9 Å². The minimum Gasteiger partial charge on any atom is -0.477 e. The fraction of sp³-hybridized carbons (Fsp3) is 0.598. The van der Waals surface area contributed by atoms with Crippen molar-refractivity contribution in [1.82, 2.24) is 0 Å². The Balaban J connectivity index is 4.24. The lowest BCUT2D eigenvalue weighted by atomic mass is 10.0. The molecule has 0 spiro atoms. The molecule has 0 amide bonds. The molecule has 1 N–H and O–H groups in total. The minimum atomic E-state index is -1.53. The first-order valence-corrected chi connectivity index (χ1v) is 35.9. The monoisotopic (exact) mass is 1260 g/mol. The Hall–Kier alpha value is -5.61. The SMILES string of the molecule is CC/C=C\C/C=C\C/C=C\C/C=C\C/C=C\C/C=C\C/C=C\C/C=C\C/C=C\C/C=C\C/C=C\CCCCCC(=O)OC(COC(=O)CCCCCCCCCCCCCCCCCC/C=C\C/C=C\C/C=C\C/C=C\CC)COC(OCC[N+](C)(C)C)C(=O)O. The van der Waals surface area contributed by atoms with Gasteiger partial charge in [-0.05, 0) is 135 Å². The van der Waals surface area contributed by atoms with Gasteiger partial charge >= 0.3 is 17.9 Å². The van der Waals surface area contributed by atoms with Crippen molar-refractivity contribution in [3.63, 3.8) is 0 Å². The summed E-state index contributed by atoms with van der Waals surface area (Å²) in [4.78, 5) is 37.6. The Labute approximate surface area is 558 Å². The van der Waals surface area contributed by atoms with Gasteiger partial charge in [0.25, 0.3) is 6.29 Å². The van der Waals surface area contributed by atoms with Crippen LogP contribution in [0.15, 0.2) is 182 Å². The third-order valence-corrected chi connectivity index (χ3v) is 14.7. The number of aliphatic carboxylic acids is 1. The van der Waals surface area contributed by atoms with Crippen LogP contribution in [0.2, 0.25) is 0 Å². The highest BCUT2D eigenvalue weighted by Gasteiger charge is 2.25. The van der Waals surface area contributed by atoms with Gasteiger partial charge in [-0.3, -0.25) is 9.59 Å². The molecule has 91 heavy (non-hydrogen) atoms. The molecular weight excluding hydrogens is 1130 g/mol. The van der Waals surface area contributed by atoms with Gasteiger partial charge in [-0.25, -0.2) is 4.79 Å². The molecule has 0 aliphatic rings. The molecule has 512 valence electrons. The van der Waals surface area contributed by atoms with Gasteiger partial charge in [-0.2, -0.15) is 0 Å². The van der Waals surface area contributed by atoms with Crippen molar-refractivity contribution in [2.45, 2.75) is 270 Å². The number of hydrogen-bond donors (Lipinski definition) is 1. The van der Waals surface area contributed by atoms with E-state index in [1.54, 1.807) is 0 Å². The fourth-order valence-corrected chi connectivity index (χ4v) is 9.25. The quantitative estimate of drug-likeness (QED) is 0.0211. The zero-order chi connectivity index (χ0) is 66.1. The molecule has 9 nitrogen and oxygen atoms in total. The number of rotatable bonds is 64. The first kappa shape index (κ1) is 85.4. The van der Waals surface area contributed by atoms with Gasteiger partial charge < -0.3 is 28.5 Å². The molecule has 2 atom stereocenters. The highest BCUT2D eigenvalue weighted by molar-refractivity contribution is 5.71. The highest BCUT2D eigenvalue weighted by Crippen LogP contribution is 2.16. The molecule has 0 saturated carbocycles. The van der Waals surface area contributed by atoms with E-state index in [0.29, 0.717) is 17.4 Å². The third-order valence-electron chi connectivity index (χ3n) is 14.7. The first-order chi connectivity index (χ1) is 44.6. The number of ether oxygens (including phenoxy) is 4. The van der Waals surface area contributed by atoms with Gasteiger partial charge in [0, 0.05) is 12.8 Å². The number of carbonyl (C=O) groups excluding carboxylic acids is 2. The van der Waals surface area contributed by atoms with Crippen molar-refractivity contribution in [2.24, 2.45) is 0 Å². The summed E-state index contributed by atoms with van der Waals surface area (Å²) >= 11 is 0. The van der Waals surface area contributed by atoms with Crippen LogP contribution in [0.1, 0.15) is 258 Å². The number of unbranched alkanes of at least 4 members (excludes halogenated alkanes) is 19. The van der Waals surface area contributed by atoms with Gasteiger partial charge in [0.2, 0.25) is 0 Å². The van der Waals surface area contributed by atoms with E-state index >= 15 is 0 Å². The average Bonchev–Trinajstić information content (AvgIpc) is 3.50. The number of likely N-dealkylation sites (N-methyl/N-ethyl adjacent to an activating group) is 1. The standard InChI is InChI=1S/C82H131NO8/c1-6-8-10-12-14-16-18-20-22-24-26-28-30-32-34-36-37-38-39-40-41-42-43-45-47-49-51-53-55-57-59-61-63-65-67-69-71-73-80(85)91-78(77-90-82(81(86)87)88-75-74-83(3,4)5)76-89-79(84)72-70-68-66-64-62-60-58-56-54-52-50-48-46-44-35-33-31-29-27-25-23-21-19-17-15-13-11-9-7-2/h8-11,14-17,20-23,26-29,32,34,37-38,40-41,43,45,49,51,55,57,61,63,78,82H,6-7,12-13,18-19,24-25,30-31,33,35-36,39,42,44,46-48,50,52-54,56,58-60,62,64-77H2,1-5H3/p+1/b10-8-,11-9-,16-14-,17-15-,22-20-,23-21-,28-26-,29-27-,34-32-,38-37-,41-40-,45-43-,51-49-,57-55-,63-61-. The Morgan fingerprint density at radius 3 is 0.890 bits per heavy atom. The van der Waals surface area contributed by atoms with E-state index in [-0.39, 0.29) is 38.6 Å². The summed E-state index contributed by atoms with van der Waals surface area (Å²) in [7, 11) is 5.95. The van der Waals surface area contributed by atoms with Crippen LogP contribution in [0.3, 0.4) is 0 Å². The van der Waals surface area contributed by atoms with Crippen LogP contribution in [0, 0.1) is 0 Å². The van der Waals surface area contributed by atoms with Crippen LogP contribution in [0.5, 0.6) is 0 Å². The average molecular weight is 1260 g/mol. The van der Waals surface area contributed by atoms with E-state index < -0.39 is 24.3 Å². The lowest BCUT2D eigenvalue weighted by Crippen LogP contribution is -2.40. The number of carbonyl (C=O) groups is 3. The lowest BCUT2D eigenvalue weighted by Gasteiger charge is -2.25. The summed E-state index contributed by atoms with van der Waals surface area (Å²) in [5.74, 6) is -2.06. The molecule has 0 aromatic carbocycles. The largest absolute Gasteiger partial charge is 0.477 e. The number of esters is 2. The van der Waals surface area contributed by atoms with Gasteiger partial charge in [0.1, 0.15) is 13.2 Å². The highest BCUT2D eigenvalue weighted by atomic mass is 16.7. The lowest BCUT2D eigenvalue weighted by molar-refractivity contribution is -0.870. The molecule has 0 bridgehead atoms. The molecule has 0 fully saturated rings. The number of quaternary nitrogens is 1. The van der Waals surface area contributed by atoms with Crippen LogP contribution in [-0.2, 0) is 33.3 Å². The van der Waals surface area contributed by atoms with Crippen molar-refractivity contribution in [3.05, 3.63) is 182 Å². The van der Waals surface area contributed by atoms with E-state index in [9.17, 15) is 19.5 Å². The van der Waals surface area contributed by atoms with Gasteiger partial charge in [0.05, 0.1) is 34.4 Å². The molecule has 9 heteroatoms. The van der Waals surface area contributed by atoms with Gasteiger partial charge in [0.15, 0.2) is 6.10 Å². The molecule has 0 aliphatic heterocycles. The van der Waals surface area contributed by atoms with Gasteiger partial charge in [-0.1, -0.05) is 292 Å². The summed E-state index contributed by atoms with van der Waals surface area (Å²) < 4.78 is 22.9. The van der Waals surface area contributed by atoms with Gasteiger partial charge in [-0.15, -0.1) is 0 Å². The maximum Gasteiger partial charge on any atom is 0.361 e. The number of carboxylic acids is 1. The molecule has 0 radical (unpaired) electrons. The Morgan fingerprint density at radius 1 is 0.330 bits per heavy atom. The van der Waals surface area contributed by atoms with Crippen LogP contribution < -0.4 is 0 Å². The normalized spacial score (nSPS) is 13.8. The fourth-order valence-electron chi connectivity index (χ4n) is 9.25. The van der Waals surface area contributed by atoms with Crippen molar-refractivity contribution >= 4 is 17.9 Å². The van der Waals surface area contributed by atoms with E-state index in [1.807, 2.05) is 21.1 Å².